The minimum atomic E-state index is -0.627. The lowest BCUT2D eigenvalue weighted by molar-refractivity contribution is 0.432. The number of phenols is 1. The molecule has 0 radical (unpaired) electrons. The van der Waals surface area contributed by atoms with E-state index in [1.54, 1.807) is 16.9 Å². The van der Waals surface area contributed by atoms with Gasteiger partial charge in [0.15, 0.2) is 11.6 Å². The summed E-state index contributed by atoms with van der Waals surface area (Å²) in [6.07, 6.45) is 1.78. The van der Waals surface area contributed by atoms with Crippen molar-refractivity contribution in [2.24, 2.45) is 7.05 Å². The second-order valence-electron chi connectivity index (χ2n) is 3.90. The molecule has 0 fully saturated rings. The highest BCUT2D eigenvalue weighted by molar-refractivity contribution is 5.47. The molecule has 0 aliphatic heterocycles. The highest BCUT2D eigenvalue weighted by atomic mass is 19.1. The van der Waals surface area contributed by atoms with Crippen LogP contribution in [-0.4, -0.2) is 14.9 Å². The molecule has 0 spiro atoms. The second-order valence-corrected chi connectivity index (χ2v) is 3.90. The van der Waals surface area contributed by atoms with E-state index in [0.29, 0.717) is 12.2 Å². The van der Waals surface area contributed by atoms with Crippen LogP contribution in [0.15, 0.2) is 24.4 Å². The van der Waals surface area contributed by atoms with Crippen LogP contribution < -0.4 is 5.32 Å². The summed E-state index contributed by atoms with van der Waals surface area (Å²) in [4.78, 5) is 0. The van der Waals surface area contributed by atoms with Crippen LogP contribution in [0.4, 0.5) is 10.1 Å². The summed E-state index contributed by atoms with van der Waals surface area (Å²) < 4.78 is 14.9. The molecule has 1 aromatic carbocycles. The molecule has 5 heteroatoms. The van der Waals surface area contributed by atoms with Gasteiger partial charge in [-0.05, 0) is 19.1 Å². The third kappa shape index (κ3) is 2.38. The van der Waals surface area contributed by atoms with Gasteiger partial charge in [-0.2, -0.15) is 5.10 Å². The van der Waals surface area contributed by atoms with Gasteiger partial charge in [-0.25, -0.2) is 4.39 Å². The van der Waals surface area contributed by atoms with Gasteiger partial charge in [0.2, 0.25) is 0 Å². The Morgan fingerprint density at radius 2 is 2.24 bits per heavy atom. The van der Waals surface area contributed by atoms with Crippen molar-refractivity contribution in [2.75, 3.05) is 5.32 Å². The Hall–Kier alpha value is -2.04. The third-order valence-corrected chi connectivity index (χ3v) is 2.77. The van der Waals surface area contributed by atoms with Crippen LogP contribution in [0.3, 0.4) is 0 Å². The summed E-state index contributed by atoms with van der Waals surface area (Å²) in [7, 11) is 1.87. The molecule has 0 saturated heterocycles. The van der Waals surface area contributed by atoms with Crippen LogP contribution >= 0.6 is 0 Å². The van der Waals surface area contributed by atoms with Crippen molar-refractivity contribution in [1.29, 1.82) is 0 Å². The molecule has 90 valence electrons. The molecule has 17 heavy (non-hydrogen) atoms. The van der Waals surface area contributed by atoms with Crippen molar-refractivity contribution in [3.05, 3.63) is 41.5 Å². The van der Waals surface area contributed by atoms with E-state index in [2.05, 4.69) is 10.4 Å². The van der Waals surface area contributed by atoms with Crippen LogP contribution in [0.2, 0.25) is 0 Å². The smallest absolute Gasteiger partial charge is 0.166 e. The zero-order chi connectivity index (χ0) is 12.4. The minimum absolute atomic E-state index is 0.340. The standard InChI is InChI=1S/C12H14FN3O/c1-8-9(7-15-16(8)2)6-14-10-3-4-12(17)11(13)5-10/h3-5,7,14,17H,6H2,1-2H3. The molecule has 2 rings (SSSR count). The number of halogens is 1. The fourth-order valence-electron chi connectivity index (χ4n) is 1.53. The maximum atomic E-state index is 13.1. The normalized spacial score (nSPS) is 10.5. The summed E-state index contributed by atoms with van der Waals surface area (Å²) in [5, 5.41) is 16.3. The number of aromatic nitrogens is 2. The number of anilines is 1. The lowest BCUT2D eigenvalue weighted by atomic mass is 10.2. The lowest BCUT2D eigenvalue weighted by Crippen LogP contribution is -2.01. The molecule has 0 amide bonds. The van der Waals surface area contributed by atoms with E-state index in [9.17, 15) is 4.39 Å². The first-order chi connectivity index (χ1) is 8.08. The van der Waals surface area contributed by atoms with E-state index >= 15 is 0 Å². The van der Waals surface area contributed by atoms with Gasteiger partial charge in [-0.1, -0.05) is 0 Å². The molecule has 4 nitrogen and oxygen atoms in total. The number of phenolic OH excluding ortho intramolecular Hbond substituents is 1. The Balaban J connectivity index is 2.07. The number of rotatable bonds is 3. The topological polar surface area (TPSA) is 50.1 Å². The van der Waals surface area contributed by atoms with Crippen LogP contribution in [0.25, 0.3) is 0 Å². The van der Waals surface area contributed by atoms with Crippen molar-refractivity contribution in [3.63, 3.8) is 0 Å². The number of benzene rings is 1. The molecular formula is C12H14FN3O. The zero-order valence-electron chi connectivity index (χ0n) is 9.74. The van der Waals surface area contributed by atoms with Crippen molar-refractivity contribution in [2.45, 2.75) is 13.5 Å². The molecule has 0 aliphatic carbocycles. The Morgan fingerprint density at radius 1 is 1.47 bits per heavy atom. The Labute approximate surface area is 98.7 Å². The highest BCUT2D eigenvalue weighted by Gasteiger charge is 2.04. The summed E-state index contributed by atoms with van der Waals surface area (Å²) in [6.45, 7) is 2.55. The summed E-state index contributed by atoms with van der Waals surface area (Å²) in [5.41, 5.74) is 2.75. The molecule has 1 heterocycles. The summed E-state index contributed by atoms with van der Waals surface area (Å²) in [5.74, 6) is -0.967. The highest BCUT2D eigenvalue weighted by Crippen LogP contribution is 2.20. The quantitative estimate of drug-likeness (QED) is 0.802. The largest absolute Gasteiger partial charge is 0.505 e. The van der Waals surface area contributed by atoms with E-state index in [1.165, 1.54) is 12.1 Å². The van der Waals surface area contributed by atoms with Crippen molar-refractivity contribution < 1.29 is 9.50 Å². The maximum absolute atomic E-state index is 13.1. The molecule has 0 atom stereocenters. The Bertz CT molecular complexity index is 537. The maximum Gasteiger partial charge on any atom is 0.166 e. The summed E-state index contributed by atoms with van der Waals surface area (Å²) in [6, 6.07) is 4.22. The van der Waals surface area contributed by atoms with Crippen molar-refractivity contribution >= 4 is 5.69 Å². The van der Waals surface area contributed by atoms with Gasteiger partial charge < -0.3 is 10.4 Å². The predicted octanol–water partition coefficient (Wildman–Crippen LogP) is 2.19. The van der Waals surface area contributed by atoms with E-state index in [0.717, 1.165) is 11.3 Å². The van der Waals surface area contributed by atoms with Gasteiger partial charge in [0.1, 0.15) is 0 Å². The van der Waals surface area contributed by atoms with Gasteiger partial charge >= 0.3 is 0 Å². The molecule has 0 bridgehead atoms. The lowest BCUT2D eigenvalue weighted by Gasteiger charge is -2.06. The first kappa shape index (κ1) is 11.4. The van der Waals surface area contributed by atoms with Crippen molar-refractivity contribution in [1.82, 2.24) is 9.78 Å². The Morgan fingerprint density at radius 3 is 2.82 bits per heavy atom. The van der Waals surface area contributed by atoms with E-state index in [1.807, 2.05) is 14.0 Å². The van der Waals surface area contributed by atoms with E-state index in [-0.39, 0.29) is 5.75 Å². The number of aromatic hydroxyl groups is 1. The van der Waals surface area contributed by atoms with Crippen LogP contribution in [-0.2, 0) is 13.6 Å². The van der Waals surface area contributed by atoms with Crippen LogP contribution in [0.5, 0.6) is 5.75 Å². The monoisotopic (exact) mass is 235 g/mol. The number of aryl methyl sites for hydroxylation is 1. The van der Waals surface area contributed by atoms with Crippen molar-refractivity contribution in [3.8, 4) is 5.75 Å². The van der Waals surface area contributed by atoms with E-state index in [4.69, 9.17) is 5.11 Å². The fraction of sp³-hybridized carbons (Fsp3) is 0.250. The van der Waals surface area contributed by atoms with Gasteiger partial charge in [-0.15, -0.1) is 0 Å². The zero-order valence-corrected chi connectivity index (χ0v) is 9.74. The molecule has 0 saturated carbocycles. The van der Waals surface area contributed by atoms with Gasteiger partial charge in [0.25, 0.3) is 0 Å². The molecule has 2 N–H and O–H groups in total. The average molecular weight is 235 g/mol. The average Bonchev–Trinajstić information content (AvgIpc) is 2.62. The van der Waals surface area contributed by atoms with Crippen LogP contribution in [0, 0.1) is 12.7 Å². The minimum Gasteiger partial charge on any atom is -0.505 e. The predicted molar refractivity (Wildman–Crippen MR) is 63.3 cm³/mol. The molecule has 2 aromatic rings. The van der Waals surface area contributed by atoms with Gasteiger partial charge in [-0.3, -0.25) is 4.68 Å². The third-order valence-electron chi connectivity index (χ3n) is 2.77. The first-order valence-corrected chi connectivity index (χ1v) is 5.28. The molecular weight excluding hydrogens is 221 g/mol. The first-order valence-electron chi connectivity index (χ1n) is 5.28. The van der Waals surface area contributed by atoms with Gasteiger partial charge in [0, 0.05) is 36.6 Å². The van der Waals surface area contributed by atoms with E-state index < -0.39 is 5.82 Å². The molecule has 0 unspecified atom stereocenters. The number of hydrogen-bond acceptors (Lipinski definition) is 3. The molecule has 0 aliphatic rings. The number of nitrogens with zero attached hydrogens (tertiary/aromatic N) is 2. The Kier molecular flexibility index (Phi) is 2.99. The number of nitrogens with one attached hydrogen (secondary N) is 1. The number of hydrogen-bond donors (Lipinski definition) is 2. The SMILES string of the molecule is Cc1c(CNc2ccc(O)c(F)c2)cnn1C. The molecule has 1 aromatic heterocycles. The summed E-state index contributed by atoms with van der Waals surface area (Å²) >= 11 is 0. The second kappa shape index (κ2) is 4.45. The fourth-order valence-corrected chi connectivity index (χ4v) is 1.53. The van der Waals surface area contributed by atoms with Crippen LogP contribution in [0.1, 0.15) is 11.3 Å². The van der Waals surface area contributed by atoms with Gasteiger partial charge in [0.05, 0.1) is 6.20 Å².